The van der Waals surface area contributed by atoms with Crippen LogP contribution in [0.15, 0.2) is 23.1 Å². The summed E-state index contributed by atoms with van der Waals surface area (Å²) in [5.74, 6) is 1.02. The first kappa shape index (κ1) is 15.5. The summed E-state index contributed by atoms with van der Waals surface area (Å²) in [6.07, 6.45) is 3.47. The fourth-order valence-corrected chi connectivity index (χ4v) is 4.32. The minimum atomic E-state index is -3.50. The predicted octanol–water partition coefficient (Wildman–Crippen LogP) is 2.20. The summed E-state index contributed by atoms with van der Waals surface area (Å²) in [5.41, 5.74) is 1.28. The Labute approximate surface area is 121 Å². The number of hydrogen-bond acceptors (Lipinski definition) is 3. The molecule has 1 aromatic carbocycles. The van der Waals surface area contributed by atoms with Gasteiger partial charge in [0.2, 0.25) is 10.0 Å². The van der Waals surface area contributed by atoms with Gasteiger partial charge in [-0.25, -0.2) is 13.1 Å². The molecule has 0 saturated heterocycles. The number of nitrogens with one attached hydrogen (secondary N) is 1. The topological polar surface area (TPSA) is 66.4 Å². The van der Waals surface area contributed by atoms with E-state index in [1.165, 1.54) is 12.8 Å². The van der Waals surface area contributed by atoms with Gasteiger partial charge in [-0.2, -0.15) is 0 Å². The summed E-state index contributed by atoms with van der Waals surface area (Å²) in [4.78, 5) is 0.273. The van der Waals surface area contributed by atoms with Crippen LogP contribution in [0.4, 0.5) is 0 Å². The van der Waals surface area contributed by atoms with Crippen molar-refractivity contribution in [2.24, 2.45) is 11.8 Å². The molecule has 0 aliphatic heterocycles. The van der Waals surface area contributed by atoms with Gasteiger partial charge in [0.05, 0.1) is 11.5 Å². The molecule has 1 aromatic rings. The lowest BCUT2D eigenvalue weighted by Gasteiger charge is -2.17. The van der Waals surface area contributed by atoms with Gasteiger partial charge in [-0.3, -0.25) is 0 Å². The summed E-state index contributed by atoms with van der Waals surface area (Å²) in [7, 11) is -3.50. The molecule has 2 atom stereocenters. The highest BCUT2D eigenvalue weighted by atomic mass is 32.2. The number of rotatable bonds is 5. The Hall–Kier alpha value is -0.910. The second-order valence-electron chi connectivity index (χ2n) is 5.72. The van der Waals surface area contributed by atoms with E-state index in [1.54, 1.807) is 25.1 Å². The Morgan fingerprint density at radius 1 is 1.35 bits per heavy atom. The largest absolute Gasteiger partial charge is 0.392 e. The molecule has 0 bridgehead atoms. The number of aliphatic hydroxyl groups excluding tert-OH is 1. The summed E-state index contributed by atoms with van der Waals surface area (Å²) in [6.45, 7) is 4.28. The molecule has 4 nitrogen and oxygen atoms in total. The third kappa shape index (κ3) is 3.22. The van der Waals surface area contributed by atoms with Crippen molar-refractivity contribution < 1.29 is 13.5 Å². The first-order valence-corrected chi connectivity index (χ1v) is 8.63. The Morgan fingerprint density at radius 3 is 2.70 bits per heavy atom. The van der Waals surface area contributed by atoms with Gasteiger partial charge in [0.15, 0.2) is 0 Å². The molecular weight excluding hydrogens is 274 g/mol. The molecule has 1 aliphatic rings. The SMILES string of the molecule is Cc1c(CO)cccc1S(=O)(=O)NCC1CCCC1C. The molecule has 2 rings (SSSR count). The molecule has 0 amide bonds. The highest BCUT2D eigenvalue weighted by molar-refractivity contribution is 7.89. The van der Waals surface area contributed by atoms with E-state index < -0.39 is 10.0 Å². The Kier molecular flexibility index (Phi) is 4.83. The lowest BCUT2D eigenvalue weighted by Crippen LogP contribution is -2.31. The van der Waals surface area contributed by atoms with Crippen LogP contribution in [-0.2, 0) is 16.6 Å². The zero-order valence-electron chi connectivity index (χ0n) is 12.1. The molecule has 0 heterocycles. The maximum Gasteiger partial charge on any atom is 0.240 e. The van der Waals surface area contributed by atoms with Gasteiger partial charge in [0.1, 0.15) is 0 Å². The highest BCUT2D eigenvalue weighted by Crippen LogP contribution is 2.31. The van der Waals surface area contributed by atoms with Crippen molar-refractivity contribution in [1.82, 2.24) is 4.72 Å². The first-order valence-electron chi connectivity index (χ1n) is 7.14. The van der Waals surface area contributed by atoms with E-state index in [1.807, 2.05) is 0 Å². The quantitative estimate of drug-likeness (QED) is 0.875. The van der Waals surface area contributed by atoms with Crippen LogP contribution in [0.2, 0.25) is 0 Å². The molecule has 0 radical (unpaired) electrons. The fourth-order valence-electron chi connectivity index (χ4n) is 2.94. The molecule has 1 saturated carbocycles. The smallest absolute Gasteiger partial charge is 0.240 e. The van der Waals surface area contributed by atoms with Crippen molar-refractivity contribution in [3.8, 4) is 0 Å². The summed E-state index contributed by atoms with van der Waals surface area (Å²) in [6, 6.07) is 5.01. The number of sulfonamides is 1. The molecule has 1 aliphatic carbocycles. The molecule has 5 heteroatoms. The average molecular weight is 297 g/mol. The van der Waals surface area contributed by atoms with Crippen LogP contribution in [0.25, 0.3) is 0 Å². The Bertz CT molecular complexity index is 568. The van der Waals surface area contributed by atoms with Gasteiger partial charge in [0, 0.05) is 6.54 Å². The van der Waals surface area contributed by atoms with Gasteiger partial charge in [0.25, 0.3) is 0 Å². The average Bonchev–Trinajstić information content (AvgIpc) is 2.82. The van der Waals surface area contributed by atoms with Gasteiger partial charge in [-0.1, -0.05) is 31.9 Å². The van der Waals surface area contributed by atoms with E-state index in [2.05, 4.69) is 11.6 Å². The highest BCUT2D eigenvalue weighted by Gasteiger charge is 2.26. The van der Waals surface area contributed by atoms with Gasteiger partial charge >= 0.3 is 0 Å². The lowest BCUT2D eigenvalue weighted by atomic mass is 9.99. The lowest BCUT2D eigenvalue weighted by molar-refractivity contribution is 0.280. The molecular formula is C15H23NO3S. The van der Waals surface area contributed by atoms with Crippen molar-refractivity contribution in [3.63, 3.8) is 0 Å². The van der Waals surface area contributed by atoms with Crippen molar-refractivity contribution in [2.45, 2.75) is 44.6 Å². The van der Waals surface area contributed by atoms with Crippen LogP contribution in [0.1, 0.15) is 37.3 Å². The van der Waals surface area contributed by atoms with E-state index in [-0.39, 0.29) is 11.5 Å². The standard InChI is InChI=1S/C15H23NO3S/c1-11-5-3-6-13(11)9-16-20(18,19)15-8-4-7-14(10-17)12(15)2/h4,7-8,11,13,16-17H,3,5-6,9-10H2,1-2H3. The van der Waals surface area contributed by atoms with E-state index in [4.69, 9.17) is 0 Å². The van der Waals surface area contributed by atoms with Crippen LogP contribution in [0.3, 0.4) is 0 Å². The zero-order valence-corrected chi connectivity index (χ0v) is 12.9. The maximum absolute atomic E-state index is 12.4. The number of aliphatic hydroxyl groups is 1. The fraction of sp³-hybridized carbons (Fsp3) is 0.600. The molecule has 1 fully saturated rings. The first-order chi connectivity index (χ1) is 9.45. The van der Waals surface area contributed by atoms with Crippen molar-refractivity contribution in [3.05, 3.63) is 29.3 Å². The van der Waals surface area contributed by atoms with Gasteiger partial charge in [-0.15, -0.1) is 0 Å². The molecule has 112 valence electrons. The van der Waals surface area contributed by atoms with Crippen LogP contribution in [-0.4, -0.2) is 20.1 Å². The second-order valence-corrected chi connectivity index (χ2v) is 7.45. The minimum Gasteiger partial charge on any atom is -0.392 e. The predicted molar refractivity (Wildman–Crippen MR) is 78.8 cm³/mol. The van der Waals surface area contributed by atoms with Gasteiger partial charge < -0.3 is 5.11 Å². The normalized spacial score (nSPS) is 23.1. The zero-order chi connectivity index (χ0) is 14.8. The van der Waals surface area contributed by atoms with Gasteiger partial charge in [-0.05, 0) is 42.4 Å². The van der Waals surface area contributed by atoms with E-state index in [9.17, 15) is 13.5 Å². The molecule has 20 heavy (non-hydrogen) atoms. The molecule has 2 N–H and O–H groups in total. The van der Waals surface area contributed by atoms with Crippen molar-refractivity contribution >= 4 is 10.0 Å². The Balaban J connectivity index is 2.14. The summed E-state index contributed by atoms with van der Waals surface area (Å²) >= 11 is 0. The van der Waals surface area contributed by atoms with Crippen molar-refractivity contribution in [2.75, 3.05) is 6.54 Å². The summed E-state index contributed by atoms with van der Waals surface area (Å²) < 4.78 is 27.5. The van der Waals surface area contributed by atoms with E-state index in [0.717, 1.165) is 6.42 Å². The van der Waals surface area contributed by atoms with E-state index in [0.29, 0.717) is 29.5 Å². The monoisotopic (exact) mass is 297 g/mol. The van der Waals surface area contributed by atoms with Crippen LogP contribution in [0.5, 0.6) is 0 Å². The minimum absolute atomic E-state index is 0.144. The second kappa shape index (κ2) is 6.24. The van der Waals surface area contributed by atoms with Crippen LogP contribution in [0, 0.1) is 18.8 Å². The van der Waals surface area contributed by atoms with Crippen LogP contribution >= 0.6 is 0 Å². The van der Waals surface area contributed by atoms with Crippen LogP contribution < -0.4 is 4.72 Å². The Morgan fingerprint density at radius 2 is 2.10 bits per heavy atom. The molecule has 2 unspecified atom stereocenters. The third-order valence-corrected chi connectivity index (χ3v) is 6.00. The number of hydrogen-bond donors (Lipinski definition) is 2. The third-order valence-electron chi connectivity index (χ3n) is 4.43. The molecule has 0 spiro atoms. The molecule has 0 aromatic heterocycles. The number of benzene rings is 1. The maximum atomic E-state index is 12.4. The summed E-state index contributed by atoms with van der Waals surface area (Å²) in [5, 5.41) is 9.23. The van der Waals surface area contributed by atoms with Crippen molar-refractivity contribution in [1.29, 1.82) is 0 Å². The van der Waals surface area contributed by atoms with E-state index >= 15 is 0 Å².